The van der Waals surface area contributed by atoms with Crippen molar-refractivity contribution >= 4 is 10.8 Å². The summed E-state index contributed by atoms with van der Waals surface area (Å²) in [5, 5.41) is 1.50. The highest BCUT2D eigenvalue weighted by atomic mass is 19.1. The van der Waals surface area contributed by atoms with Crippen molar-refractivity contribution in [2.24, 2.45) is 0 Å². The van der Waals surface area contributed by atoms with E-state index in [1.54, 1.807) is 6.07 Å². The monoisotopic (exact) mass is 448 g/mol. The lowest BCUT2D eigenvalue weighted by molar-refractivity contribution is 0.632. The van der Waals surface area contributed by atoms with Gasteiger partial charge in [-0.25, -0.2) is 4.39 Å². The van der Waals surface area contributed by atoms with Crippen LogP contribution < -0.4 is 0 Å². The predicted molar refractivity (Wildman–Crippen MR) is 144 cm³/mol. The van der Waals surface area contributed by atoms with Crippen LogP contribution in [0, 0.1) is 17.7 Å². The Kier molecular flexibility index (Phi) is 8.16. The minimum atomic E-state index is -0.249. The van der Waals surface area contributed by atoms with E-state index in [1.165, 1.54) is 43.2 Å². The fraction of sp³-hybridized carbons (Fsp3) is 0.273. The molecule has 4 aromatic carbocycles. The van der Waals surface area contributed by atoms with E-state index in [0.29, 0.717) is 10.9 Å². The Hall–Kier alpha value is -3.37. The van der Waals surface area contributed by atoms with Crippen LogP contribution in [0.25, 0.3) is 21.9 Å². The Labute approximate surface area is 203 Å². The van der Waals surface area contributed by atoms with Gasteiger partial charge in [-0.05, 0) is 71.2 Å². The Morgan fingerprint density at radius 3 is 2.09 bits per heavy atom. The summed E-state index contributed by atoms with van der Waals surface area (Å²) in [6, 6.07) is 26.6. The van der Waals surface area contributed by atoms with Crippen molar-refractivity contribution < 1.29 is 4.39 Å². The maximum absolute atomic E-state index is 15.2. The van der Waals surface area contributed by atoms with Gasteiger partial charge in [-0.2, -0.15) is 0 Å². The predicted octanol–water partition coefficient (Wildman–Crippen LogP) is 9.12. The standard InChI is InChI=1S/C33H33F/c1-3-5-6-7-8-9-26-10-12-27(13-11-26)16-19-29-20-21-31-24-30(22-23-32(31)33(29)34)28-17-14-25(4-2)15-18-28/h10-15,17-18,20-24H,3-9H2,1-2H3. The second kappa shape index (κ2) is 11.7. The number of hydrogen-bond acceptors (Lipinski definition) is 0. The summed E-state index contributed by atoms with van der Waals surface area (Å²) in [7, 11) is 0. The van der Waals surface area contributed by atoms with Gasteiger partial charge in [-0.15, -0.1) is 0 Å². The summed E-state index contributed by atoms with van der Waals surface area (Å²) in [6.45, 7) is 4.40. The first-order valence-electron chi connectivity index (χ1n) is 12.6. The molecule has 172 valence electrons. The molecule has 0 aliphatic heterocycles. The SMILES string of the molecule is CCCCCCCc1ccc(C#Cc2ccc3cc(-c4ccc(CC)cc4)ccc3c2F)cc1. The van der Waals surface area contributed by atoms with Crippen molar-refractivity contribution in [3.8, 4) is 23.0 Å². The third-order valence-electron chi connectivity index (χ3n) is 6.51. The number of unbranched alkanes of at least 4 members (excludes halogenated alkanes) is 4. The van der Waals surface area contributed by atoms with Crippen molar-refractivity contribution in [2.45, 2.75) is 58.8 Å². The van der Waals surface area contributed by atoms with Gasteiger partial charge in [0.25, 0.3) is 0 Å². The van der Waals surface area contributed by atoms with Crippen LogP contribution in [0.15, 0.2) is 78.9 Å². The summed E-state index contributed by atoms with van der Waals surface area (Å²) in [6.07, 6.45) is 8.60. The smallest absolute Gasteiger partial charge is 0.146 e. The number of benzene rings is 4. The Morgan fingerprint density at radius 2 is 1.35 bits per heavy atom. The van der Waals surface area contributed by atoms with Gasteiger partial charge in [0.1, 0.15) is 5.82 Å². The van der Waals surface area contributed by atoms with E-state index in [2.05, 4.69) is 68.2 Å². The van der Waals surface area contributed by atoms with Gasteiger partial charge in [0.2, 0.25) is 0 Å². The van der Waals surface area contributed by atoms with E-state index >= 15 is 4.39 Å². The zero-order valence-electron chi connectivity index (χ0n) is 20.3. The van der Waals surface area contributed by atoms with Crippen LogP contribution in [0.2, 0.25) is 0 Å². The van der Waals surface area contributed by atoms with Crippen LogP contribution >= 0.6 is 0 Å². The molecular formula is C33H33F. The largest absolute Gasteiger partial charge is 0.205 e. The molecule has 1 heteroatoms. The highest BCUT2D eigenvalue weighted by Gasteiger charge is 2.07. The van der Waals surface area contributed by atoms with Crippen LogP contribution in [0.3, 0.4) is 0 Å². The molecule has 0 atom stereocenters. The van der Waals surface area contributed by atoms with Crippen LogP contribution in [-0.2, 0) is 12.8 Å². The average Bonchev–Trinajstić information content (AvgIpc) is 2.89. The quantitative estimate of drug-likeness (QED) is 0.186. The second-order valence-electron chi connectivity index (χ2n) is 9.02. The summed E-state index contributed by atoms with van der Waals surface area (Å²) in [5.74, 6) is 5.93. The molecule has 0 nitrogen and oxygen atoms in total. The molecule has 0 aliphatic rings. The lowest BCUT2D eigenvalue weighted by Crippen LogP contribution is -1.89. The molecule has 0 spiro atoms. The number of halogens is 1. The van der Waals surface area contributed by atoms with E-state index in [9.17, 15) is 0 Å². The van der Waals surface area contributed by atoms with Crippen molar-refractivity contribution in [2.75, 3.05) is 0 Å². The number of aryl methyl sites for hydroxylation is 2. The minimum absolute atomic E-state index is 0.249. The minimum Gasteiger partial charge on any atom is -0.205 e. The maximum Gasteiger partial charge on any atom is 0.146 e. The summed E-state index contributed by atoms with van der Waals surface area (Å²) >= 11 is 0. The van der Waals surface area contributed by atoms with E-state index in [4.69, 9.17) is 0 Å². The van der Waals surface area contributed by atoms with Gasteiger partial charge in [0.15, 0.2) is 0 Å². The molecule has 0 aliphatic carbocycles. The molecule has 0 radical (unpaired) electrons. The first kappa shape index (κ1) is 23.8. The second-order valence-corrected chi connectivity index (χ2v) is 9.02. The summed E-state index contributed by atoms with van der Waals surface area (Å²) in [4.78, 5) is 0. The van der Waals surface area contributed by atoms with Crippen molar-refractivity contribution in [3.05, 3.63) is 107 Å². The van der Waals surface area contributed by atoms with Crippen LogP contribution in [0.5, 0.6) is 0 Å². The lowest BCUT2D eigenvalue weighted by Gasteiger charge is -2.07. The Balaban J connectivity index is 1.47. The molecule has 0 aromatic heterocycles. The first-order chi connectivity index (χ1) is 16.7. The lowest BCUT2D eigenvalue weighted by atomic mass is 9.98. The highest BCUT2D eigenvalue weighted by Crippen LogP contribution is 2.27. The number of fused-ring (bicyclic) bond motifs is 1. The van der Waals surface area contributed by atoms with Gasteiger partial charge in [0, 0.05) is 10.9 Å². The van der Waals surface area contributed by atoms with Crippen molar-refractivity contribution in [3.63, 3.8) is 0 Å². The maximum atomic E-state index is 15.2. The summed E-state index contributed by atoms with van der Waals surface area (Å²) < 4.78 is 15.2. The average molecular weight is 449 g/mol. The normalized spacial score (nSPS) is 10.8. The zero-order valence-corrected chi connectivity index (χ0v) is 20.3. The zero-order chi connectivity index (χ0) is 23.8. The van der Waals surface area contributed by atoms with Crippen LogP contribution in [-0.4, -0.2) is 0 Å². The van der Waals surface area contributed by atoms with Gasteiger partial charge >= 0.3 is 0 Å². The molecule has 34 heavy (non-hydrogen) atoms. The molecule has 0 saturated carbocycles. The van der Waals surface area contributed by atoms with Crippen molar-refractivity contribution in [1.29, 1.82) is 0 Å². The third kappa shape index (κ3) is 5.95. The van der Waals surface area contributed by atoms with Gasteiger partial charge in [0.05, 0.1) is 5.56 Å². The fourth-order valence-electron chi connectivity index (χ4n) is 4.33. The highest BCUT2D eigenvalue weighted by molar-refractivity contribution is 5.89. The van der Waals surface area contributed by atoms with Crippen LogP contribution in [0.4, 0.5) is 4.39 Å². The van der Waals surface area contributed by atoms with Gasteiger partial charge in [-0.1, -0.05) is 106 Å². The topological polar surface area (TPSA) is 0 Å². The molecule has 0 saturated heterocycles. The molecule has 0 fully saturated rings. The van der Waals surface area contributed by atoms with Gasteiger partial charge in [-0.3, -0.25) is 0 Å². The van der Waals surface area contributed by atoms with E-state index in [1.807, 2.05) is 30.3 Å². The molecule has 4 aromatic rings. The van der Waals surface area contributed by atoms with Crippen molar-refractivity contribution in [1.82, 2.24) is 0 Å². The molecular weight excluding hydrogens is 415 g/mol. The number of rotatable bonds is 8. The molecule has 0 N–H and O–H groups in total. The Bertz CT molecular complexity index is 1280. The molecule has 4 rings (SSSR count). The van der Waals surface area contributed by atoms with E-state index < -0.39 is 0 Å². The fourth-order valence-corrected chi connectivity index (χ4v) is 4.33. The molecule has 0 bridgehead atoms. The van der Waals surface area contributed by atoms with Gasteiger partial charge < -0.3 is 0 Å². The van der Waals surface area contributed by atoms with Crippen LogP contribution in [0.1, 0.15) is 68.2 Å². The summed E-state index contributed by atoms with van der Waals surface area (Å²) in [5.41, 5.74) is 6.26. The Morgan fingerprint density at radius 1 is 0.647 bits per heavy atom. The van der Waals surface area contributed by atoms with E-state index in [0.717, 1.165) is 34.9 Å². The first-order valence-corrected chi connectivity index (χ1v) is 12.6. The van der Waals surface area contributed by atoms with E-state index in [-0.39, 0.29) is 5.82 Å². The molecule has 0 heterocycles. The molecule has 0 amide bonds. The molecule has 0 unspecified atom stereocenters. The number of hydrogen-bond donors (Lipinski definition) is 0. The third-order valence-corrected chi connectivity index (χ3v) is 6.51.